The second-order valence-corrected chi connectivity index (χ2v) is 4.97. The molecule has 5 nitrogen and oxygen atoms in total. The van der Waals surface area contributed by atoms with Crippen molar-refractivity contribution in [2.75, 3.05) is 11.9 Å². The summed E-state index contributed by atoms with van der Waals surface area (Å²) in [7, 11) is 0. The first-order chi connectivity index (χ1) is 9.16. The third-order valence-electron chi connectivity index (χ3n) is 3.71. The minimum absolute atomic E-state index is 0.0739. The van der Waals surface area contributed by atoms with E-state index >= 15 is 0 Å². The van der Waals surface area contributed by atoms with E-state index in [0.29, 0.717) is 17.7 Å². The van der Waals surface area contributed by atoms with Gasteiger partial charge >= 0.3 is 5.97 Å². The number of rotatable bonds is 3. The molecule has 0 aromatic heterocycles. The highest BCUT2D eigenvalue weighted by Crippen LogP contribution is 2.32. The predicted molar refractivity (Wildman–Crippen MR) is 68.7 cm³/mol. The van der Waals surface area contributed by atoms with Gasteiger partial charge in [-0.25, -0.2) is 4.79 Å². The molecule has 1 saturated heterocycles. The quantitative estimate of drug-likeness (QED) is 0.869. The van der Waals surface area contributed by atoms with Crippen molar-refractivity contribution in [3.05, 3.63) is 29.3 Å². The van der Waals surface area contributed by atoms with Crippen LogP contribution in [0.3, 0.4) is 0 Å². The maximum Gasteiger partial charge on any atom is 0.336 e. The SMILES string of the molecule is O=C(O)c1cccc2c1C(=O)[C@@H](C[C@H]1CCCO1)N2. The lowest BCUT2D eigenvalue weighted by molar-refractivity contribution is 0.0691. The zero-order valence-corrected chi connectivity index (χ0v) is 10.4. The van der Waals surface area contributed by atoms with Crippen molar-refractivity contribution in [2.45, 2.75) is 31.4 Å². The lowest BCUT2D eigenvalue weighted by Crippen LogP contribution is -2.28. The average molecular weight is 261 g/mol. The molecule has 1 aromatic carbocycles. The first kappa shape index (κ1) is 12.2. The van der Waals surface area contributed by atoms with E-state index in [0.717, 1.165) is 19.4 Å². The normalized spacial score (nSPS) is 25.2. The molecule has 1 fully saturated rings. The molecule has 0 bridgehead atoms. The van der Waals surface area contributed by atoms with E-state index in [4.69, 9.17) is 9.84 Å². The van der Waals surface area contributed by atoms with Crippen LogP contribution in [-0.2, 0) is 4.74 Å². The molecule has 2 aliphatic rings. The molecule has 2 heterocycles. The van der Waals surface area contributed by atoms with Gasteiger partial charge < -0.3 is 15.2 Å². The summed E-state index contributed by atoms with van der Waals surface area (Å²) in [4.78, 5) is 23.5. The molecule has 2 atom stereocenters. The summed E-state index contributed by atoms with van der Waals surface area (Å²) in [6, 6.07) is 4.50. The van der Waals surface area contributed by atoms with Gasteiger partial charge in [0.05, 0.1) is 23.3 Å². The smallest absolute Gasteiger partial charge is 0.336 e. The lowest BCUT2D eigenvalue weighted by Gasteiger charge is -2.14. The van der Waals surface area contributed by atoms with Crippen molar-refractivity contribution < 1.29 is 19.4 Å². The van der Waals surface area contributed by atoms with Crippen molar-refractivity contribution >= 4 is 17.4 Å². The van der Waals surface area contributed by atoms with Crippen LogP contribution in [0.15, 0.2) is 18.2 Å². The Kier molecular flexibility index (Phi) is 2.98. The van der Waals surface area contributed by atoms with Crippen LogP contribution >= 0.6 is 0 Å². The fourth-order valence-electron chi connectivity index (χ4n) is 2.80. The maximum atomic E-state index is 12.3. The first-order valence-electron chi connectivity index (χ1n) is 6.45. The molecule has 2 aliphatic heterocycles. The number of fused-ring (bicyclic) bond motifs is 1. The number of aromatic carboxylic acids is 1. The molecule has 0 radical (unpaired) electrons. The molecule has 0 aliphatic carbocycles. The van der Waals surface area contributed by atoms with E-state index in [2.05, 4.69) is 5.32 Å². The fraction of sp³-hybridized carbons (Fsp3) is 0.429. The largest absolute Gasteiger partial charge is 0.478 e. The Morgan fingerprint density at radius 1 is 1.47 bits per heavy atom. The van der Waals surface area contributed by atoms with Crippen LogP contribution in [0.2, 0.25) is 0 Å². The van der Waals surface area contributed by atoms with E-state index in [-0.39, 0.29) is 23.5 Å². The number of nitrogens with one attached hydrogen (secondary N) is 1. The number of carbonyl (C=O) groups excluding carboxylic acids is 1. The van der Waals surface area contributed by atoms with Gasteiger partial charge in [-0.15, -0.1) is 0 Å². The number of ether oxygens (including phenoxy) is 1. The van der Waals surface area contributed by atoms with Crippen LogP contribution in [0.5, 0.6) is 0 Å². The Morgan fingerprint density at radius 2 is 2.32 bits per heavy atom. The topological polar surface area (TPSA) is 75.6 Å². The van der Waals surface area contributed by atoms with Crippen LogP contribution in [-0.4, -0.2) is 35.6 Å². The molecular weight excluding hydrogens is 246 g/mol. The summed E-state index contributed by atoms with van der Waals surface area (Å²) in [5.41, 5.74) is 0.996. The van der Waals surface area contributed by atoms with Gasteiger partial charge in [0, 0.05) is 18.7 Å². The molecule has 0 amide bonds. The van der Waals surface area contributed by atoms with Crippen LogP contribution in [0.1, 0.15) is 40.0 Å². The minimum Gasteiger partial charge on any atom is -0.478 e. The molecule has 100 valence electrons. The molecule has 0 unspecified atom stereocenters. The molecule has 0 saturated carbocycles. The lowest BCUT2D eigenvalue weighted by atomic mass is 9.98. The number of ketones is 1. The van der Waals surface area contributed by atoms with Gasteiger partial charge in [0.15, 0.2) is 5.78 Å². The number of hydrogen-bond acceptors (Lipinski definition) is 4. The molecular formula is C14H15NO4. The van der Waals surface area contributed by atoms with Gasteiger partial charge in [-0.05, 0) is 25.0 Å². The molecule has 19 heavy (non-hydrogen) atoms. The Labute approximate surface area is 110 Å². The number of carboxylic acids is 1. The zero-order valence-electron chi connectivity index (χ0n) is 10.4. The third-order valence-corrected chi connectivity index (χ3v) is 3.71. The second kappa shape index (κ2) is 4.66. The molecule has 5 heteroatoms. The van der Waals surface area contributed by atoms with Crippen molar-refractivity contribution in [3.8, 4) is 0 Å². The summed E-state index contributed by atoms with van der Waals surface area (Å²) in [5, 5.41) is 12.2. The third kappa shape index (κ3) is 2.10. The Bertz CT molecular complexity index is 534. The molecule has 0 spiro atoms. The summed E-state index contributed by atoms with van der Waals surface area (Å²) in [6.07, 6.45) is 2.70. The Morgan fingerprint density at radius 3 is 3.00 bits per heavy atom. The number of anilines is 1. The van der Waals surface area contributed by atoms with Crippen LogP contribution in [0.25, 0.3) is 0 Å². The zero-order chi connectivity index (χ0) is 13.4. The van der Waals surface area contributed by atoms with Crippen molar-refractivity contribution in [2.24, 2.45) is 0 Å². The average Bonchev–Trinajstić information content (AvgIpc) is 2.99. The number of carboxylic acid groups (broad SMARTS) is 1. The molecule has 2 N–H and O–H groups in total. The second-order valence-electron chi connectivity index (χ2n) is 4.97. The van der Waals surface area contributed by atoms with E-state index in [9.17, 15) is 9.59 Å². The Balaban J connectivity index is 1.85. The van der Waals surface area contributed by atoms with Gasteiger partial charge in [-0.2, -0.15) is 0 Å². The van der Waals surface area contributed by atoms with E-state index in [1.807, 2.05) is 0 Å². The van der Waals surface area contributed by atoms with Crippen molar-refractivity contribution in [3.63, 3.8) is 0 Å². The van der Waals surface area contributed by atoms with Gasteiger partial charge in [-0.1, -0.05) is 6.07 Å². The minimum atomic E-state index is -1.07. The van der Waals surface area contributed by atoms with E-state index in [1.165, 1.54) is 6.07 Å². The summed E-state index contributed by atoms with van der Waals surface area (Å²) in [5.74, 6) is -1.20. The highest BCUT2D eigenvalue weighted by atomic mass is 16.5. The van der Waals surface area contributed by atoms with Crippen molar-refractivity contribution in [1.29, 1.82) is 0 Å². The summed E-state index contributed by atoms with van der Waals surface area (Å²) < 4.78 is 5.53. The number of hydrogen-bond donors (Lipinski definition) is 2. The highest BCUT2D eigenvalue weighted by Gasteiger charge is 2.35. The first-order valence-corrected chi connectivity index (χ1v) is 6.45. The fourth-order valence-corrected chi connectivity index (χ4v) is 2.80. The van der Waals surface area contributed by atoms with Gasteiger partial charge in [0.1, 0.15) is 0 Å². The number of Topliss-reactive ketones (excluding diaryl/α,β-unsaturated/α-hetero) is 1. The van der Waals surface area contributed by atoms with E-state index in [1.54, 1.807) is 12.1 Å². The molecule has 3 rings (SSSR count). The van der Waals surface area contributed by atoms with Crippen LogP contribution in [0, 0.1) is 0 Å². The monoisotopic (exact) mass is 261 g/mol. The van der Waals surface area contributed by atoms with Gasteiger partial charge in [-0.3, -0.25) is 4.79 Å². The summed E-state index contributed by atoms with van der Waals surface area (Å²) in [6.45, 7) is 0.749. The van der Waals surface area contributed by atoms with E-state index < -0.39 is 5.97 Å². The summed E-state index contributed by atoms with van der Waals surface area (Å²) >= 11 is 0. The Hall–Kier alpha value is -1.88. The van der Waals surface area contributed by atoms with Gasteiger partial charge in [0.2, 0.25) is 0 Å². The highest BCUT2D eigenvalue weighted by molar-refractivity contribution is 6.16. The van der Waals surface area contributed by atoms with Crippen LogP contribution < -0.4 is 5.32 Å². The van der Waals surface area contributed by atoms with Crippen LogP contribution in [0.4, 0.5) is 5.69 Å². The predicted octanol–water partition coefficient (Wildman–Crippen LogP) is 1.93. The number of benzene rings is 1. The molecule has 1 aromatic rings. The standard InChI is InChI=1S/C14H15NO4/c16-13-11(7-8-3-2-6-19-8)15-10-5-1-4-9(12(10)13)14(17)18/h1,4-5,8,11,15H,2-3,6-7H2,(H,17,18)/t8-,11-/m1/s1. The number of carbonyl (C=O) groups is 2. The maximum absolute atomic E-state index is 12.3. The van der Waals surface area contributed by atoms with Crippen molar-refractivity contribution in [1.82, 2.24) is 0 Å². The van der Waals surface area contributed by atoms with Gasteiger partial charge in [0.25, 0.3) is 0 Å².